The Morgan fingerprint density at radius 1 is 1.17 bits per heavy atom. The van der Waals surface area contributed by atoms with Crippen LogP contribution in [0.4, 0.5) is 0 Å². The molecular formula is C17H23NO4S. The highest BCUT2D eigenvalue weighted by molar-refractivity contribution is 7.85. The van der Waals surface area contributed by atoms with Gasteiger partial charge in [0.2, 0.25) is 5.89 Å². The SMILES string of the molecule is COc1ccc(S(=O)C(C)c2ncc(C(C)(C)C)o2)cc1OC. The Labute approximate surface area is 139 Å². The standard InChI is InChI=1S/C17H23NO4S/c1-11(16-18-10-15(22-16)17(2,3)4)23(19)12-7-8-13(20-5)14(9-12)21-6/h7-11H,1-6H3. The number of rotatable bonds is 5. The first kappa shape index (κ1) is 17.5. The Balaban J connectivity index is 2.27. The molecule has 0 aliphatic carbocycles. The van der Waals surface area contributed by atoms with Gasteiger partial charge >= 0.3 is 0 Å². The van der Waals surface area contributed by atoms with Crippen LogP contribution >= 0.6 is 0 Å². The molecule has 2 aromatic rings. The molecule has 23 heavy (non-hydrogen) atoms. The van der Waals surface area contributed by atoms with E-state index < -0.39 is 10.8 Å². The average Bonchev–Trinajstić information content (AvgIpc) is 3.02. The Morgan fingerprint density at radius 3 is 2.35 bits per heavy atom. The van der Waals surface area contributed by atoms with E-state index in [0.717, 1.165) is 5.76 Å². The predicted molar refractivity (Wildman–Crippen MR) is 89.6 cm³/mol. The second-order valence-corrected chi connectivity index (χ2v) is 8.04. The Kier molecular flexibility index (Phi) is 5.14. The van der Waals surface area contributed by atoms with Gasteiger partial charge < -0.3 is 13.9 Å². The van der Waals surface area contributed by atoms with Crippen LogP contribution in [0.15, 0.2) is 33.7 Å². The molecule has 126 valence electrons. The van der Waals surface area contributed by atoms with Crippen molar-refractivity contribution in [3.8, 4) is 11.5 Å². The van der Waals surface area contributed by atoms with E-state index in [4.69, 9.17) is 13.9 Å². The van der Waals surface area contributed by atoms with E-state index in [1.807, 2.05) is 27.7 Å². The molecule has 2 unspecified atom stereocenters. The van der Waals surface area contributed by atoms with Crippen molar-refractivity contribution in [2.45, 2.75) is 43.3 Å². The van der Waals surface area contributed by atoms with Crippen LogP contribution in [0.1, 0.15) is 44.6 Å². The molecule has 0 N–H and O–H groups in total. The molecular weight excluding hydrogens is 314 g/mol. The van der Waals surface area contributed by atoms with Crippen molar-refractivity contribution in [3.05, 3.63) is 36.0 Å². The first-order valence-corrected chi connectivity index (χ1v) is 8.58. The summed E-state index contributed by atoms with van der Waals surface area (Å²) in [6, 6.07) is 5.23. The molecule has 1 heterocycles. The molecule has 5 nitrogen and oxygen atoms in total. The van der Waals surface area contributed by atoms with Gasteiger partial charge in [0.05, 0.1) is 31.2 Å². The Hall–Kier alpha value is -1.82. The highest BCUT2D eigenvalue weighted by Crippen LogP contribution is 2.33. The number of ether oxygens (including phenoxy) is 2. The smallest absolute Gasteiger partial charge is 0.210 e. The summed E-state index contributed by atoms with van der Waals surface area (Å²) in [6.45, 7) is 7.98. The van der Waals surface area contributed by atoms with Gasteiger partial charge in [-0.15, -0.1) is 0 Å². The third kappa shape index (κ3) is 3.75. The molecule has 0 amide bonds. The largest absolute Gasteiger partial charge is 0.493 e. The van der Waals surface area contributed by atoms with E-state index in [2.05, 4.69) is 4.98 Å². The zero-order valence-electron chi connectivity index (χ0n) is 14.4. The summed E-state index contributed by atoms with van der Waals surface area (Å²) in [5.41, 5.74) is -0.129. The molecule has 0 bridgehead atoms. The minimum absolute atomic E-state index is 0.129. The molecule has 1 aromatic carbocycles. The lowest BCUT2D eigenvalue weighted by Crippen LogP contribution is -2.09. The fourth-order valence-corrected chi connectivity index (χ4v) is 3.19. The molecule has 1 aromatic heterocycles. The van der Waals surface area contributed by atoms with Crippen molar-refractivity contribution in [2.24, 2.45) is 0 Å². The maximum Gasteiger partial charge on any atom is 0.210 e. The molecule has 0 saturated carbocycles. The molecule has 0 aliphatic heterocycles. The zero-order valence-corrected chi connectivity index (χ0v) is 15.2. The Morgan fingerprint density at radius 2 is 1.83 bits per heavy atom. The molecule has 6 heteroatoms. The zero-order chi connectivity index (χ0) is 17.2. The first-order chi connectivity index (χ1) is 10.8. The van der Waals surface area contributed by atoms with E-state index in [1.54, 1.807) is 38.6 Å². The summed E-state index contributed by atoms with van der Waals surface area (Å²) in [6.07, 6.45) is 1.71. The summed E-state index contributed by atoms with van der Waals surface area (Å²) in [5.74, 6) is 2.41. The van der Waals surface area contributed by atoms with Gasteiger partial charge in [0.15, 0.2) is 11.5 Å². The van der Waals surface area contributed by atoms with Crippen LogP contribution in [0.2, 0.25) is 0 Å². The van der Waals surface area contributed by atoms with Crippen LogP contribution < -0.4 is 9.47 Å². The third-order valence-corrected chi connectivity index (χ3v) is 5.08. The van der Waals surface area contributed by atoms with Gasteiger partial charge in [0, 0.05) is 16.4 Å². The minimum atomic E-state index is -1.31. The predicted octanol–water partition coefficient (Wildman–Crippen LogP) is 3.86. The summed E-state index contributed by atoms with van der Waals surface area (Å²) in [4.78, 5) is 4.93. The Bertz CT molecular complexity index is 703. The number of aromatic nitrogens is 1. The number of hydrogen-bond acceptors (Lipinski definition) is 5. The maximum absolute atomic E-state index is 12.8. The highest BCUT2D eigenvalue weighted by atomic mass is 32.2. The van der Waals surface area contributed by atoms with Gasteiger partial charge in [-0.25, -0.2) is 4.98 Å². The van der Waals surface area contributed by atoms with Gasteiger partial charge in [-0.3, -0.25) is 4.21 Å². The van der Waals surface area contributed by atoms with Crippen molar-refractivity contribution >= 4 is 10.8 Å². The topological polar surface area (TPSA) is 61.6 Å². The average molecular weight is 337 g/mol. The lowest BCUT2D eigenvalue weighted by atomic mass is 9.94. The lowest BCUT2D eigenvalue weighted by molar-refractivity contribution is 0.354. The van der Waals surface area contributed by atoms with E-state index in [0.29, 0.717) is 22.3 Å². The maximum atomic E-state index is 12.8. The summed E-state index contributed by atoms with van der Waals surface area (Å²) in [5, 5.41) is -0.357. The number of benzene rings is 1. The quantitative estimate of drug-likeness (QED) is 0.829. The highest BCUT2D eigenvalue weighted by Gasteiger charge is 2.25. The van der Waals surface area contributed by atoms with Crippen LogP contribution in [-0.4, -0.2) is 23.4 Å². The lowest BCUT2D eigenvalue weighted by Gasteiger charge is -2.14. The summed E-state index contributed by atoms with van der Waals surface area (Å²) < 4.78 is 29.0. The molecule has 0 aliphatic rings. The normalized spacial score (nSPS) is 14.3. The van der Waals surface area contributed by atoms with Crippen molar-refractivity contribution in [2.75, 3.05) is 14.2 Å². The van der Waals surface area contributed by atoms with Gasteiger partial charge in [0.1, 0.15) is 11.0 Å². The van der Waals surface area contributed by atoms with E-state index >= 15 is 0 Å². The number of oxazole rings is 1. The second-order valence-electron chi connectivity index (χ2n) is 6.27. The van der Waals surface area contributed by atoms with Gasteiger partial charge in [-0.2, -0.15) is 0 Å². The fraction of sp³-hybridized carbons (Fsp3) is 0.471. The van der Waals surface area contributed by atoms with Crippen molar-refractivity contribution in [1.82, 2.24) is 4.98 Å². The molecule has 2 rings (SSSR count). The van der Waals surface area contributed by atoms with Gasteiger partial charge in [-0.1, -0.05) is 20.8 Å². The van der Waals surface area contributed by atoms with Crippen molar-refractivity contribution in [3.63, 3.8) is 0 Å². The second kappa shape index (κ2) is 6.74. The summed E-state index contributed by atoms with van der Waals surface area (Å²) in [7, 11) is 1.81. The van der Waals surface area contributed by atoms with Crippen LogP contribution in [0.3, 0.4) is 0 Å². The number of hydrogen-bond donors (Lipinski definition) is 0. The molecule has 0 saturated heterocycles. The van der Waals surface area contributed by atoms with Crippen LogP contribution in [0.25, 0.3) is 0 Å². The van der Waals surface area contributed by atoms with E-state index in [9.17, 15) is 4.21 Å². The summed E-state index contributed by atoms with van der Waals surface area (Å²) >= 11 is 0. The monoisotopic (exact) mass is 337 g/mol. The van der Waals surface area contributed by atoms with Crippen LogP contribution in [0.5, 0.6) is 11.5 Å². The number of nitrogens with zero attached hydrogens (tertiary/aromatic N) is 1. The van der Waals surface area contributed by atoms with Crippen LogP contribution in [0, 0.1) is 0 Å². The minimum Gasteiger partial charge on any atom is -0.493 e. The molecule has 0 fully saturated rings. The molecule has 0 radical (unpaired) electrons. The van der Waals surface area contributed by atoms with Gasteiger partial charge in [0.25, 0.3) is 0 Å². The third-order valence-electron chi connectivity index (χ3n) is 3.52. The molecule has 0 spiro atoms. The van der Waals surface area contributed by atoms with Crippen LogP contribution in [-0.2, 0) is 16.2 Å². The molecule has 2 atom stereocenters. The van der Waals surface area contributed by atoms with E-state index in [1.165, 1.54) is 0 Å². The van der Waals surface area contributed by atoms with E-state index in [-0.39, 0.29) is 10.7 Å². The van der Waals surface area contributed by atoms with Gasteiger partial charge in [-0.05, 0) is 19.1 Å². The van der Waals surface area contributed by atoms with Crippen molar-refractivity contribution < 1.29 is 18.1 Å². The fourth-order valence-electron chi connectivity index (χ4n) is 2.06. The van der Waals surface area contributed by atoms with Crippen molar-refractivity contribution in [1.29, 1.82) is 0 Å². The first-order valence-electron chi connectivity index (χ1n) is 7.36. The number of methoxy groups -OCH3 is 2.